The standard InChI is InChI=1S/C8H5Br2F3/c1-4-2-7(10)5(3-6(4)9)8(11,12)13/h2-3H,1H3. The maximum absolute atomic E-state index is 12.3. The average molecular weight is 318 g/mol. The molecule has 0 amide bonds. The molecule has 0 spiro atoms. The first-order chi connectivity index (χ1) is 5.82. The summed E-state index contributed by atoms with van der Waals surface area (Å²) in [6.45, 7) is 1.73. The number of hydrogen-bond acceptors (Lipinski definition) is 0. The van der Waals surface area contributed by atoms with Crippen molar-refractivity contribution in [1.29, 1.82) is 0 Å². The van der Waals surface area contributed by atoms with Crippen LogP contribution in [0.15, 0.2) is 21.1 Å². The van der Waals surface area contributed by atoms with Crippen LogP contribution in [-0.2, 0) is 6.18 Å². The van der Waals surface area contributed by atoms with Gasteiger partial charge in [-0.15, -0.1) is 0 Å². The third-order valence-electron chi connectivity index (χ3n) is 1.55. The van der Waals surface area contributed by atoms with Crippen LogP contribution in [-0.4, -0.2) is 0 Å². The van der Waals surface area contributed by atoms with Crippen LogP contribution in [0.2, 0.25) is 0 Å². The minimum Gasteiger partial charge on any atom is -0.166 e. The molecule has 0 bridgehead atoms. The normalized spacial score (nSPS) is 11.8. The molecule has 0 aliphatic carbocycles. The zero-order valence-electron chi connectivity index (χ0n) is 6.54. The van der Waals surface area contributed by atoms with E-state index in [-0.39, 0.29) is 4.47 Å². The van der Waals surface area contributed by atoms with Gasteiger partial charge < -0.3 is 0 Å². The van der Waals surface area contributed by atoms with Gasteiger partial charge >= 0.3 is 6.18 Å². The molecule has 0 unspecified atom stereocenters. The Kier molecular flexibility index (Phi) is 3.07. The van der Waals surface area contributed by atoms with E-state index in [2.05, 4.69) is 31.9 Å². The number of alkyl halides is 3. The SMILES string of the molecule is Cc1cc(Br)c(C(F)(F)F)cc1Br. The van der Waals surface area contributed by atoms with Crippen molar-refractivity contribution in [2.24, 2.45) is 0 Å². The van der Waals surface area contributed by atoms with Crippen LogP contribution in [0.5, 0.6) is 0 Å². The van der Waals surface area contributed by atoms with Crippen molar-refractivity contribution in [2.75, 3.05) is 0 Å². The van der Waals surface area contributed by atoms with Gasteiger partial charge in [-0.1, -0.05) is 31.9 Å². The molecule has 0 saturated heterocycles. The molecule has 0 radical (unpaired) electrons. The molecule has 0 atom stereocenters. The predicted molar refractivity (Wildman–Crippen MR) is 51.6 cm³/mol. The topological polar surface area (TPSA) is 0 Å². The third-order valence-corrected chi connectivity index (χ3v) is 3.06. The highest BCUT2D eigenvalue weighted by molar-refractivity contribution is 9.11. The lowest BCUT2D eigenvalue weighted by molar-refractivity contribution is -0.138. The molecule has 0 heterocycles. The van der Waals surface area contributed by atoms with Crippen LogP contribution in [0, 0.1) is 6.92 Å². The lowest BCUT2D eigenvalue weighted by Gasteiger charge is -2.10. The van der Waals surface area contributed by atoms with Crippen molar-refractivity contribution >= 4 is 31.9 Å². The lowest BCUT2D eigenvalue weighted by atomic mass is 10.1. The summed E-state index contributed by atoms with van der Waals surface area (Å²) in [4.78, 5) is 0. The summed E-state index contributed by atoms with van der Waals surface area (Å²) < 4.78 is 37.5. The minimum absolute atomic E-state index is 0.0701. The van der Waals surface area contributed by atoms with Gasteiger partial charge in [-0.05, 0) is 24.6 Å². The van der Waals surface area contributed by atoms with Crippen molar-refractivity contribution in [3.63, 3.8) is 0 Å². The second-order valence-electron chi connectivity index (χ2n) is 2.58. The highest BCUT2D eigenvalue weighted by Crippen LogP contribution is 2.37. The maximum atomic E-state index is 12.3. The van der Waals surface area contributed by atoms with Gasteiger partial charge in [0, 0.05) is 8.95 Å². The fraction of sp³-hybridized carbons (Fsp3) is 0.250. The molecule has 0 nitrogen and oxygen atoms in total. The van der Waals surface area contributed by atoms with Gasteiger partial charge in [0.25, 0.3) is 0 Å². The molecule has 72 valence electrons. The molecule has 1 aromatic carbocycles. The molecule has 0 aliphatic heterocycles. The second-order valence-corrected chi connectivity index (χ2v) is 4.29. The number of hydrogen-bond donors (Lipinski definition) is 0. The molecule has 1 rings (SSSR count). The first-order valence-electron chi connectivity index (χ1n) is 3.35. The van der Waals surface area contributed by atoms with Crippen molar-refractivity contribution in [2.45, 2.75) is 13.1 Å². The Morgan fingerprint density at radius 1 is 1.08 bits per heavy atom. The number of rotatable bonds is 0. The number of aryl methyl sites for hydroxylation is 1. The zero-order valence-corrected chi connectivity index (χ0v) is 9.72. The smallest absolute Gasteiger partial charge is 0.166 e. The minimum atomic E-state index is -4.31. The van der Waals surface area contributed by atoms with Crippen molar-refractivity contribution in [3.8, 4) is 0 Å². The summed E-state index contributed by atoms with van der Waals surface area (Å²) in [5, 5.41) is 0. The highest BCUT2D eigenvalue weighted by atomic mass is 79.9. The van der Waals surface area contributed by atoms with Gasteiger partial charge in [-0.2, -0.15) is 13.2 Å². The van der Waals surface area contributed by atoms with Crippen LogP contribution in [0.4, 0.5) is 13.2 Å². The maximum Gasteiger partial charge on any atom is 0.417 e. The highest BCUT2D eigenvalue weighted by Gasteiger charge is 2.33. The third kappa shape index (κ3) is 2.47. The molecule has 0 fully saturated rings. The van der Waals surface area contributed by atoms with Gasteiger partial charge in [0.1, 0.15) is 0 Å². The fourth-order valence-corrected chi connectivity index (χ4v) is 1.89. The molecule has 1 aromatic rings. The average Bonchev–Trinajstić information content (AvgIpc) is 1.94. The Morgan fingerprint density at radius 3 is 2.08 bits per heavy atom. The summed E-state index contributed by atoms with van der Waals surface area (Å²) >= 11 is 5.93. The van der Waals surface area contributed by atoms with Gasteiger partial charge in [-0.25, -0.2) is 0 Å². The van der Waals surface area contributed by atoms with Crippen LogP contribution in [0.3, 0.4) is 0 Å². The summed E-state index contributed by atoms with van der Waals surface area (Å²) in [6, 6.07) is 2.51. The molecular weight excluding hydrogens is 313 g/mol. The van der Waals surface area contributed by atoms with Gasteiger partial charge in [-0.3, -0.25) is 0 Å². The zero-order chi connectivity index (χ0) is 10.2. The van der Waals surface area contributed by atoms with Crippen molar-refractivity contribution in [3.05, 3.63) is 32.2 Å². The van der Waals surface area contributed by atoms with Gasteiger partial charge in [0.05, 0.1) is 5.56 Å². The predicted octanol–water partition coefficient (Wildman–Crippen LogP) is 4.54. The summed E-state index contributed by atoms with van der Waals surface area (Å²) in [7, 11) is 0. The van der Waals surface area contributed by atoms with E-state index in [4.69, 9.17) is 0 Å². The first kappa shape index (κ1) is 11.0. The first-order valence-corrected chi connectivity index (χ1v) is 4.94. The van der Waals surface area contributed by atoms with Gasteiger partial charge in [0.2, 0.25) is 0 Å². The molecular formula is C8H5Br2F3. The van der Waals surface area contributed by atoms with Crippen LogP contribution in [0.1, 0.15) is 11.1 Å². The molecule has 0 aromatic heterocycles. The summed E-state index contributed by atoms with van der Waals surface area (Å²) in [5.74, 6) is 0. The largest absolute Gasteiger partial charge is 0.417 e. The van der Waals surface area contributed by atoms with Crippen LogP contribution < -0.4 is 0 Å². The van der Waals surface area contributed by atoms with E-state index < -0.39 is 11.7 Å². The van der Waals surface area contributed by atoms with Crippen molar-refractivity contribution in [1.82, 2.24) is 0 Å². The Labute approximate surface area is 90.4 Å². The Balaban J connectivity index is 3.32. The van der Waals surface area contributed by atoms with Crippen LogP contribution in [0.25, 0.3) is 0 Å². The molecule has 0 saturated carbocycles. The molecule has 13 heavy (non-hydrogen) atoms. The van der Waals surface area contributed by atoms with E-state index in [0.717, 1.165) is 11.6 Å². The second kappa shape index (κ2) is 3.61. The quantitative estimate of drug-likeness (QED) is 0.659. The Morgan fingerprint density at radius 2 is 1.62 bits per heavy atom. The van der Waals surface area contributed by atoms with E-state index in [1.165, 1.54) is 6.07 Å². The fourth-order valence-electron chi connectivity index (χ4n) is 0.864. The molecule has 0 N–H and O–H groups in total. The Hall–Kier alpha value is -0.0300. The van der Waals surface area contributed by atoms with E-state index in [1.54, 1.807) is 6.92 Å². The van der Waals surface area contributed by atoms with E-state index in [1.807, 2.05) is 0 Å². The molecule has 5 heteroatoms. The molecule has 0 aliphatic rings. The number of halogens is 5. The number of benzene rings is 1. The van der Waals surface area contributed by atoms with E-state index >= 15 is 0 Å². The van der Waals surface area contributed by atoms with E-state index in [0.29, 0.717) is 4.47 Å². The van der Waals surface area contributed by atoms with E-state index in [9.17, 15) is 13.2 Å². The lowest BCUT2D eigenvalue weighted by Crippen LogP contribution is -2.06. The van der Waals surface area contributed by atoms with Gasteiger partial charge in [0.15, 0.2) is 0 Å². The summed E-state index contributed by atoms with van der Waals surface area (Å²) in [6.07, 6.45) is -4.31. The van der Waals surface area contributed by atoms with Crippen LogP contribution >= 0.6 is 31.9 Å². The monoisotopic (exact) mass is 316 g/mol. The van der Waals surface area contributed by atoms with Crippen molar-refractivity contribution < 1.29 is 13.2 Å². The summed E-state index contributed by atoms with van der Waals surface area (Å²) in [5.41, 5.74) is 0.102. The Bertz CT molecular complexity index is 331.